The molecule has 0 aromatic rings. The summed E-state index contributed by atoms with van der Waals surface area (Å²) in [7, 11) is 1.18. The van der Waals surface area contributed by atoms with Crippen molar-refractivity contribution in [1.29, 1.82) is 0 Å². The van der Waals surface area contributed by atoms with Crippen LogP contribution < -0.4 is 0 Å². The molecule has 5 heteroatoms. The van der Waals surface area contributed by atoms with E-state index in [1.807, 2.05) is 0 Å². The smallest absolute Gasteiger partial charge is 0.320 e. The summed E-state index contributed by atoms with van der Waals surface area (Å²) in [5.74, 6) is -2.24. The molecule has 0 radical (unpaired) electrons. The van der Waals surface area contributed by atoms with Gasteiger partial charge in [-0.25, -0.2) is 4.39 Å². The number of esters is 1. The molecule has 0 spiro atoms. The van der Waals surface area contributed by atoms with Gasteiger partial charge in [-0.05, 0) is 12.8 Å². The van der Waals surface area contributed by atoms with Gasteiger partial charge in [-0.15, -0.1) is 0 Å². The van der Waals surface area contributed by atoms with Crippen LogP contribution in [0.2, 0.25) is 0 Å². The summed E-state index contributed by atoms with van der Waals surface area (Å²) in [6.45, 7) is 2.32. The Morgan fingerprint density at radius 2 is 1.88 bits per heavy atom. The molecule has 2 aliphatic carbocycles. The number of ether oxygens (including phenoxy) is 1. The van der Waals surface area contributed by atoms with Gasteiger partial charge in [0.25, 0.3) is 0 Å². The van der Waals surface area contributed by atoms with Crippen molar-refractivity contribution in [2.75, 3.05) is 13.8 Å². The number of methoxy groups -OCH3 is 1. The molecular formula is C12H15FO4. The van der Waals surface area contributed by atoms with Crippen LogP contribution >= 0.6 is 0 Å². The van der Waals surface area contributed by atoms with Crippen molar-refractivity contribution in [1.82, 2.24) is 0 Å². The number of rotatable bonds is 2. The molecule has 0 N–H and O–H groups in total. The maximum atomic E-state index is 13.3. The summed E-state index contributed by atoms with van der Waals surface area (Å²) in [5.41, 5.74) is -3.83. The average molecular weight is 242 g/mol. The summed E-state index contributed by atoms with van der Waals surface area (Å²) in [6, 6.07) is 0. The van der Waals surface area contributed by atoms with Gasteiger partial charge in [0.15, 0.2) is 0 Å². The van der Waals surface area contributed by atoms with Gasteiger partial charge in [0.05, 0.1) is 12.5 Å². The number of alkyl halides is 1. The molecule has 0 amide bonds. The standard InChI is InChI=1S/C12H15FO4/c1-10(2)11(6-13)4-5-12(10,9(16)17-3)8(15)7(11)14/h4-6H2,1-3H3. The Bertz CT molecular complexity index is 428. The first-order chi connectivity index (χ1) is 7.81. The van der Waals surface area contributed by atoms with Crippen LogP contribution in [0.5, 0.6) is 0 Å². The Kier molecular flexibility index (Phi) is 2.26. The van der Waals surface area contributed by atoms with Gasteiger partial charge in [0.2, 0.25) is 11.6 Å². The average Bonchev–Trinajstić information content (AvgIpc) is 2.61. The minimum atomic E-state index is -1.48. The molecule has 2 fully saturated rings. The first-order valence-electron chi connectivity index (χ1n) is 5.55. The lowest BCUT2D eigenvalue weighted by Gasteiger charge is -2.36. The first-order valence-corrected chi connectivity index (χ1v) is 5.55. The third-order valence-electron chi connectivity index (χ3n) is 4.98. The maximum Gasteiger partial charge on any atom is 0.320 e. The maximum absolute atomic E-state index is 13.3. The quantitative estimate of drug-likeness (QED) is 0.413. The van der Waals surface area contributed by atoms with E-state index in [2.05, 4.69) is 4.74 Å². The monoisotopic (exact) mass is 242 g/mol. The predicted molar refractivity (Wildman–Crippen MR) is 55.9 cm³/mol. The molecule has 17 heavy (non-hydrogen) atoms. The van der Waals surface area contributed by atoms with Gasteiger partial charge in [0, 0.05) is 5.41 Å². The second-order valence-corrected chi connectivity index (χ2v) is 5.40. The third-order valence-corrected chi connectivity index (χ3v) is 4.98. The lowest BCUT2D eigenvalue weighted by molar-refractivity contribution is -0.163. The van der Waals surface area contributed by atoms with E-state index in [0.29, 0.717) is 0 Å². The lowest BCUT2D eigenvalue weighted by atomic mass is 9.64. The molecule has 4 nitrogen and oxygen atoms in total. The van der Waals surface area contributed by atoms with E-state index in [9.17, 15) is 18.8 Å². The molecule has 2 saturated carbocycles. The second kappa shape index (κ2) is 3.15. The highest BCUT2D eigenvalue weighted by molar-refractivity contribution is 6.48. The van der Waals surface area contributed by atoms with E-state index in [1.165, 1.54) is 7.11 Å². The third kappa shape index (κ3) is 0.929. The van der Waals surface area contributed by atoms with E-state index >= 15 is 0 Å². The van der Waals surface area contributed by atoms with Gasteiger partial charge in [-0.1, -0.05) is 13.8 Å². The number of ketones is 2. The summed E-state index contributed by atoms with van der Waals surface area (Å²) in [6.07, 6.45) is 0.428. The highest BCUT2D eigenvalue weighted by Gasteiger charge is 2.80. The number of hydrogen-bond donors (Lipinski definition) is 0. The number of halogens is 1. The highest BCUT2D eigenvalue weighted by atomic mass is 19.1. The van der Waals surface area contributed by atoms with Crippen LogP contribution in [0, 0.1) is 16.2 Å². The molecule has 0 aromatic heterocycles. The van der Waals surface area contributed by atoms with Crippen molar-refractivity contribution in [2.45, 2.75) is 26.7 Å². The van der Waals surface area contributed by atoms with Crippen LogP contribution in [0.4, 0.5) is 4.39 Å². The number of carbonyl (C=O) groups excluding carboxylic acids is 3. The Morgan fingerprint density at radius 1 is 1.29 bits per heavy atom. The fourth-order valence-corrected chi connectivity index (χ4v) is 3.56. The van der Waals surface area contributed by atoms with E-state index in [-0.39, 0.29) is 12.8 Å². The van der Waals surface area contributed by atoms with Gasteiger partial charge >= 0.3 is 5.97 Å². The number of hydrogen-bond acceptors (Lipinski definition) is 4. The number of fused-ring (bicyclic) bond motifs is 2. The minimum absolute atomic E-state index is 0.196. The van der Waals surface area contributed by atoms with E-state index < -0.39 is 40.5 Å². The number of Topliss-reactive ketones (excluding diaryl/α,β-unsaturated/α-hetero) is 2. The Labute approximate surface area is 98.5 Å². The van der Waals surface area contributed by atoms with Crippen LogP contribution in [0.3, 0.4) is 0 Å². The van der Waals surface area contributed by atoms with Crippen molar-refractivity contribution in [3.8, 4) is 0 Å². The van der Waals surface area contributed by atoms with Crippen molar-refractivity contribution >= 4 is 17.5 Å². The van der Waals surface area contributed by atoms with Gasteiger partial charge in [-0.3, -0.25) is 14.4 Å². The summed E-state index contributed by atoms with van der Waals surface area (Å²) in [5, 5.41) is 0. The minimum Gasteiger partial charge on any atom is -0.468 e. The zero-order chi connectivity index (χ0) is 13.1. The summed E-state index contributed by atoms with van der Waals surface area (Å²) < 4.78 is 18.0. The van der Waals surface area contributed by atoms with Crippen LogP contribution in [-0.4, -0.2) is 31.3 Å². The molecule has 2 aliphatic rings. The summed E-state index contributed by atoms with van der Waals surface area (Å²) in [4.78, 5) is 35.9. The van der Waals surface area contributed by atoms with Gasteiger partial charge < -0.3 is 4.74 Å². The fourth-order valence-electron chi connectivity index (χ4n) is 3.56. The topological polar surface area (TPSA) is 60.4 Å². The van der Waals surface area contributed by atoms with Crippen molar-refractivity contribution in [3.05, 3.63) is 0 Å². The highest BCUT2D eigenvalue weighted by Crippen LogP contribution is 2.69. The first kappa shape index (κ1) is 12.2. The Balaban J connectivity index is 2.68. The molecule has 2 atom stereocenters. The van der Waals surface area contributed by atoms with Crippen LogP contribution in [0.1, 0.15) is 26.7 Å². The van der Waals surface area contributed by atoms with Crippen molar-refractivity contribution in [2.24, 2.45) is 16.2 Å². The van der Waals surface area contributed by atoms with E-state index in [4.69, 9.17) is 0 Å². The fraction of sp³-hybridized carbons (Fsp3) is 0.750. The number of carbonyl (C=O) groups is 3. The van der Waals surface area contributed by atoms with Crippen LogP contribution in [-0.2, 0) is 19.1 Å². The molecule has 0 saturated heterocycles. The molecule has 0 aromatic carbocycles. The Hall–Kier alpha value is -1.26. The zero-order valence-electron chi connectivity index (χ0n) is 10.1. The molecule has 2 rings (SSSR count). The van der Waals surface area contributed by atoms with Gasteiger partial charge in [-0.2, -0.15) is 0 Å². The van der Waals surface area contributed by atoms with Crippen molar-refractivity contribution < 1.29 is 23.5 Å². The molecule has 0 heterocycles. The Morgan fingerprint density at radius 3 is 2.29 bits per heavy atom. The van der Waals surface area contributed by atoms with E-state index in [1.54, 1.807) is 13.8 Å². The normalized spacial score (nSPS) is 38.6. The lowest BCUT2D eigenvalue weighted by Crippen LogP contribution is -2.45. The molecular weight excluding hydrogens is 227 g/mol. The van der Waals surface area contributed by atoms with Crippen LogP contribution in [0.25, 0.3) is 0 Å². The SMILES string of the molecule is COC(=O)C12CCC(CF)(C(=O)C1=O)C2(C)C. The second-order valence-electron chi connectivity index (χ2n) is 5.40. The van der Waals surface area contributed by atoms with Crippen molar-refractivity contribution in [3.63, 3.8) is 0 Å². The molecule has 0 aliphatic heterocycles. The molecule has 94 valence electrons. The van der Waals surface area contributed by atoms with Gasteiger partial charge in [0.1, 0.15) is 12.1 Å². The van der Waals surface area contributed by atoms with E-state index in [0.717, 1.165) is 0 Å². The van der Waals surface area contributed by atoms with Crippen LogP contribution in [0.15, 0.2) is 0 Å². The molecule has 2 bridgehead atoms. The molecule has 2 unspecified atom stereocenters. The largest absolute Gasteiger partial charge is 0.468 e. The summed E-state index contributed by atoms with van der Waals surface area (Å²) >= 11 is 0. The predicted octanol–water partition coefficient (Wildman–Crippen LogP) is 1.07. The zero-order valence-corrected chi connectivity index (χ0v) is 10.1.